The summed E-state index contributed by atoms with van der Waals surface area (Å²) in [6.45, 7) is 3.44. The van der Waals surface area contributed by atoms with Crippen LogP contribution in [0.15, 0.2) is 42.0 Å². The minimum atomic E-state index is 0.779. The Bertz CT molecular complexity index is 561. The summed E-state index contributed by atoms with van der Waals surface area (Å²) in [5, 5.41) is 0. The molecule has 0 aromatic heterocycles. The van der Waals surface area contributed by atoms with Gasteiger partial charge in [0.25, 0.3) is 0 Å². The van der Waals surface area contributed by atoms with E-state index in [2.05, 4.69) is 48.2 Å². The third-order valence-electron chi connectivity index (χ3n) is 6.83. The zero-order valence-corrected chi connectivity index (χ0v) is 18.4. The molecule has 0 amide bonds. The second-order valence-electron chi connectivity index (χ2n) is 9.17. The summed E-state index contributed by atoms with van der Waals surface area (Å²) in [6.07, 6.45) is 23.9. The lowest BCUT2D eigenvalue weighted by Gasteiger charge is -2.11. The summed E-state index contributed by atoms with van der Waals surface area (Å²) in [6, 6.07) is 12.6. The lowest BCUT2D eigenvalue weighted by atomic mass is 9.93. The van der Waals surface area contributed by atoms with Gasteiger partial charge in [0, 0.05) is 18.6 Å². The molecule has 0 spiro atoms. The van der Waals surface area contributed by atoms with Crippen molar-refractivity contribution in [2.75, 3.05) is 0 Å². The Hall–Kier alpha value is -1.08. The molecule has 2 aliphatic rings. The van der Waals surface area contributed by atoms with Crippen LogP contribution in [-0.2, 0) is 6.54 Å². The maximum Gasteiger partial charge on any atom is 0.0471 e. The zero-order chi connectivity index (χ0) is 19.4. The first-order valence-electron chi connectivity index (χ1n) is 12.4. The smallest absolute Gasteiger partial charge is 0.0471 e. The maximum atomic E-state index is 2.73. The van der Waals surface area contributed by atoms with Crippen molar-refractivity contribution in [2.45, 2.75) is 122 Å². The van der Waals surface area contributed by atoms with Crippen LogP contribution in [0.25, 0.3) is 0 Å². The quantitative estimate of drug-likeness (QED) is 0.179. The number of unbranched alkanes of at least 4 members (excludes halogenated alkanes) is 11. The molecule has 1 nitrogen and oxygen atoms in total. The standard InChI is InChI=1S/C27H43N/c1-2-3-4-5-6-7-8-9-10-11-12-16-20-25-21-17-22-26-27(25)28(26)23-24-18-14-13-15-19-24/h13-15,18-20,26-27H,2-12,16-17,21-23H2,1H3/b25-20-. The number of fused-ring (bicyclic) bond motifs is 1. The molecule has 0 radical (unpaired) electrons. The van der Waals surface area contributed by atoms with E-state index in [1.54, 1.807) is 5.57 Å². The van der Waals surface area contributed by atoms with Gasteiger partial charge in [-0.15, -0.1) is 0 Å². The van der Waals surface area contributed by atoms with E-state index in [9.17, 15) is 0 Å². The van der Waals surface area contributed by atoms with Crippen LogP contribution in [-0.4, -0.2) is 17.0 Å². The molecule has 156 valence electrons. The molecule has 3 rings (SSSR count). The summed E-state index contributed by atoms with van der Waals surface area (Å²) < 4.78 is 0. The monoisotopic (exact) mass is 381 g/mol. The number of benzene rings is 1. The van der Waals surface area contributed by atoms with Crippen LogP contribution in [0.3, 0.4) is 0 Å². The Kier molecular flexibility index (Phi) is 9.63. The molecular formula is C27H43N. The fourth-order valence-corrected chi connectivity index (χ4v) is 5.11. The molecule has 1 saturated heterocycles. The van der Waals surface area contributed by atoms with E-state index < -0.39 is 0 Å². The molecule has 0 N–H and O–H groups in total. The van der Waals surface area contributed by atoms with Gasteiger partial charge in [-0.3, -0.25) is 4.90 Å². The molecular weight excluding hydrogens is 338 g/mol. The van der Waals surface area contributed by atoms with Crippen molar-refractivity contribution in [3.05, 3.63) is 47.5 Å². The molecule has 3 atom stereocenters. The second-order valence-corrected chi connectivity index (χ2v) is 9.17. The SMILES string of the molecule is CCCCCCCCCCCCC/C=C1/CCCC2C1N2Cc1ccccc1. The normalized spacial score (nSPS) is 25.0. The number of rotatable bonds is 14. The van der Waals surface area contributed by atoms with Gasteiger partial charge < -0.3 is 0 Å². The van der Waals surface area contributed by atoms with Gasteiger partial charge in [0.15, 0.2) is 0 Å². The fraction of sp³-hybridized carbons (Fsp3) is 0.704. The highest BCUT2D eigenvalue weighted by molar-refractivity contribution is 5.29. The van der Waals surface area contributed by atoms with Gasteiger partial charge >= 0.3 is 0 Å². The van der Waals surface area contributed by atoms with Crippen LogP contribution < -0.4 is 0 Å². The first-order valence-corrected chi connectivity index (χ1v) is 12.4. The van der Waals surface area contributed by atoms with E-state index in [0.717, 1.165) is 18.6 Å². The van der Waals surface area contributed by atoms with E-state index in [4.69, 9.17) is 0 Å². The largest absolute Gasteiger partial charge is 0.286 e. The van der Waals surface area contributed by atoms with Crippen molar-refractivity contribution in [3.63, 3.8) is 0 Å². The number of allylic oxidation sites excluding steroid dienone is 1. The maximum absolute atomic E-state index is 2.73. The number of likely N-dealkylation sites (tertiary alicyclic amines) is 1. The Morgan fingerprint density at radius 1 is 0.857 bits per heavy atom. The molecule has 1 heterocycles. The van der Waals surface area contributed by atoms with Crippen LogP contribution in [0, 0.1) is 0 Å². The van der Waals surface area contributed by atoms with Gasteiger partial charge in [0.05, 0.1) is 0 Å². The second kappa shape index (κ2) is 12.5. The molecule has 1 aliphatic carbocycles. The molecule has 1 heteroatoms. The summed E-state index contributed by atoms with van der Waals surface area (Å²) >= 11 is 0. The van der Waals surface area contributed by atoms with Crippen molar-refractivity contribution in [1.82, 2.24) is 4.90 Å². The van der Waals surface area contributed by atoms with Gasteiger partial charge in [0.2, 0.25) is 0 Å². The predicted octanol–water partition coefficient (Wildman–Crippen LogP) is 8.05. The van der Waals surface area contributed by atoms with E-state index in [-0.39, 0.29) is 0 Å². The Balaban J connectivity index is 1.24. The number of hydrogen-bond acceptors (Lipinski definition) is 1. The van der Waals surface area contributed by atoms with Crippen molar-refractivity contribution >= 4 is 0 Å². The summed E-state index contributed by atoms with van der Waals surface area (Å²) in [5.74, 6) is 0. The van der Waals surface area contributed by atoms with Crippen LogP contribution in [0.5, 0.6) is 0 Å². The predicted molar refractivity (Wildman–Crippen MR) is 123 cm³/mol. The minimum Gasteiger partial charge on any atom is -0.286 e. The van der Waals surface area contributed by atoms with Crippen LogP contribution in [0.2, 0.25) is 0 Å². The molecule has 0 bridgehead atoms. The van der Waals surface area contributed by atoms with Crippen molar-refractivity contribution in [2.24, 2.45) is 0 Å². The molecule has 1 saturated carbocycles. The van der Waals surface area contributed by atoms with Gasteiger partial charge in [0.1, 0.15) is 0 Å². The van der Waals surface area contributed by atoms with Crippen molar-refractivity contribution in [1.29, 1.82) is 0 Å². The van der Waals surface area contributed by atoms with Gasteiger partial charge in [-0.1, -0.05) is 113 Å². The Morgan fingerprint density at radius 3 is 2.18 bits per heavy atom. The molecule has 1 aromatic carbocycles. The average molecular weight is 382 g/mol. The van der Waals surface area contributed by atoms with E-state index in [1.807, 2.05) is 0 Å². The first kappa shape index (κ1) is 21.6. The van der Waals surface area contributed by atoms with E-state index in [0.29, 0.717) is 0 Å². The third kappa shape index (κ3) is 7.07. The Morgan fingerprint density at radius 2 is 1.50 bits per heavy atom. The van der Waals surface area contributed by atoms with Gasteiger partial charge in [-0.05, 0) is 37.7 Å². The third-order valence-corrected chi connectivity index (χ3v) is 6.83. The number of hydrogen-bond donors (Lipinski definition) is 0. The topological polar surface area (TPSA) is 3.01 Å². The average Bonchev–Trinajstić information content (AvgIpc) is 3.43. The van der Waals surface area contributed by atoms with Crippen LogP contribution in [0.1, 0.15) is 109 Å². The summed E-state index contributed by atoms with van der Waals surface area (Å²) in [7, 11) is 0. The lowest BCUT2D eigenvalue weighted by molar-refractivity contribution is 0.481. The highest BCUT2D eigenvalue weighted by atomic mass is 15.4. The van der Waals surface area contributed by atoms with E-state index >= 15 is 0 Å². The fourth-order valence-electron chi connectivity index (χ4n) is 5.11. The summed E-state index contributed by atoms with van der Waals surface area (Å²) in [4.78, 5) is 2.73. The van der Waals surface area contributed by atoms with Gasteiger partial charge in [-0.2, -0.15) is 0 Å². The summed E-state index contributed by atoms with van der Waals surface area (Å²) in [5.41, 5.74) is 3.24. The van der Waals surface area contributed by atoms with E-state index in [1.165, 1.54) is 102 Å². The molecule has 28 heavy (non-hydrogen) atoms. The minimum absolute atomic E-state index is 0.779. The first-order chi connectivity index (χ1) is 13.9. The zero-order valence-electron chi connectivity index (χ0n) is 18.4. The lowest BCUT2D eigenvalue weighted by Crippen LogP contribution is -2.06. The van der Waals surface area contributed by atoms with Crippen molar-refractivity contribution in [3.8, 4) is 0 Å². The molecule has 3 unspecified atom stereocenters. The van der Waals surface area contributed by atoms with Crippen LogP contribution in [0.4, 0.5) is 0 Å². The highest BCUT2D eigenvalue weighted by Crippen LogP contribution is 2.44. The molecule has 1 aromatic rings. The molecule has 2 fully saturated rings. The van der Waals surface area contributed by atoms with Gasteiger partial charge in [-0.25, -0.2) is 0 Å². The highest BCUT2D eigenvalue weighted by Gasteiger charge is 2.50. The Labute approximate surface area is 174 Å². The molecule has 1 aliphatic heterocycles. The van der Waals surface area contributed by atoms with Crippen LogP contribution >= 0.6 is 0 Å². The number of nitrogens with zero attached hydrogens (tertiary/aromatic N) is 1. The van der Waals surface area contributed by atoms with Crippen molar-refractivity contribution < 1.29 is 0 Å².